The maximum absolute atomic E-state index is 13.0. The lowest BCUT2D eigenvalue weighted by Crippen LogP contribution is -2.55. The van der Waals surface area contributed by atoms with Crippen molar-refractivity contribution in [3.05, 3.63) is 27.4 Å². The third kappa shape index (κ3) is 3.28. The summed E-state index contributed by atoms with van der Waals surface area (Å²) < 4.78 is 17.8. The molecule has 4 heterocycles. The van der Waals surface area contributed by atoms with Crippen molar-refractivity contribution in [3.63, 3.8) is 0 Å². The number of carbonyl (C=O) groups excluding carboxylic acids is 2. The molecule has 154 valence electrons. The Kier molecular flexibility index (Phi) is 4.99. The molecule has 2 bridgehead atoms. The molecule has 3 aliphatic heterocycles. The Bertz CT molecular complexity index is 862. The normalized spacial score (nSPS) is 23.6. The number of aromatic nitrogens is 2. The number of carbonyl (C=O) groups is 2. The molecule has 9 nitrogen and oxygen atoms in total. The summed E-state index contributed by atoms with van der Waals surface area (Å²) in [5.41, 5.74) is -1.84. The van der Waals surface area contributed by atoms with E-state index in [1.165, 1.54) is 16.6 Å². The predicted molar refractivity (Wildman–Crippen MR) is 99.2 cm³/mol. The van der Waals surface area contributed by atoms with Crippen LogP contribution >= 0.6 is 0 Å². The maximum atomic E-state index is 13.0. The van der Waals surface area contributed by atoms with E-state index in [0.29, 0.717) is 25.2 Å². The van der Waals surface area contributed by atoms with Gasteiger partial charge in [0.1, 0.15) is 17.0 Å². The van der Waals surface area contributed by atoms with E-state index in [1.807, 2.05) is 0 Å². The monoisotopic (exact) mass is 393 g/mol. The second-order valence-corrected chi connectivity index (χ2v) is 8.36. The third-order valence-electron chi connectivity index (χ3n) is 5.32. The van der Waals surface area contributed by atoms with Gasteiger partial charge in [0.25, 0.3) is 5.56 Å². The fourth-order valence-corrected chi connectivity index (χ4v) is 3.72. The van der Waals surface area contributed by atoms with Crippen molar-refractivity contribution in [2.45, 2.75) is 64.3 Å². The Labute approximate surface area is 163 Å². The number of hydrogen-bond donors (Lipinski definition) is 0. The lowest BCUT2D eigenvalue weighted by atomic mass is 9.89. The number of fused-ring (bicyclic) bond motifs is 2. The third-order valence-corrected chi connectivity index (χ3v) is 5.32. The van der Waals surface area contributed by atoms with Gasteiger partial charge in [-0.25, -0.2) is 14.6 Å². The fourth-order valence-electron chi connectivity index (χ4n) is 3.72. The van der Waals surface area contributed by atoms with Gasteiger partial charge in [-0.05, 0) is 40.5 Å². The molecule has 1 fully saturated rings. The van der Waals surface area contributed by atoms with Crippen molar-refractivity contribution in [1.82, 2.24) is 14.5 Å². The van der Waals surface area contributed by atoms with Crippen LogP contribution < -0.4 is 5.56 Å². The number of methoxy groups -OCH3 is 1. The van der Waals surface area contributed by atoms with E-state index < -0.39 is 23.2 Å². The first-order chi connectivity index (χ1) is 13.0. The number of ether oxygens (including phenoxy) is 3. The second-order valence-electron chi connectivity index (χ2n) is 8.36. The average Bonchev–Trinajstić information content (AvgIpc) is 2.89. The van der Waals surface area contributed by atoms with Crippen LogP contribution in [0, 0.1) is 6.92 Å². The molecule has 1 amide bonds. The Hall–Kier alpha value is -2.42. The van der Waals surface area contributed by atoms with Gasteiger partial charge in [-0.15, -0.1) is 0 Å². The molecule has 0 aliphatic carbocycles. The number of hydrogen-bond acceptors (Lipinski definition) is 7. The van der Waals surface area contributed by atoms with Crippen molar-refractivity contribution < 1.29 is 23.8 Å². The highest BCUT2D eigenvalue weighted by Crippen LogP contribution is 2.40. The molecule has 4 rings (SSSR count). The molecule has 0 saturated carbocycles. The highest BCUT2D eigenvalue weighted by Gasteiger charge is 2.50. The number of esters is 1. The van der Waals surface area contributed by atoms with Crippen LogP contribution in [0.2, 0.25) is 0 Å². The predicted octanol–water partition coefficient (Wildman–Crippen LogP) is 1.59. The van der Waals surface area contributed by atoms with Crippen LogP contribution in [-0.4, -0.2) is 59.0 Å². The summed E-state index contributed by atoms with van der Waals surface area (Å²) in [5.74, 6) is -0.357. The Morgan fingerprint density at radius 2 is 2.04 bits per heavy atom. The minimum atomic E-state index is -1.01. The van der Waals surface area contributed by atoms with E-state index in [0.717, 1.165) is 0 Å². The Morgan fingerprint density at radius 1 is 1.36 bits per heavy atom. The molecule has 1 saturated heterocycles. The average molecular weight is 393 g/mol. The van der Waals surface area contributed by atoms with Crippen LogP contribution in [0.25, 0.3) is 0 Å². The first kappa shape index (κ1) is 20.3. The quantitative estimate of drug-likeness (QED) is 0.704. The van der Waals surface area contributed by atoms with E-state index in [9.17, 15) is 14.4 Å². The Morgan fingerprint density at radius 3 is 2.57 bits per heavy atom. The van der Waals surface area contributed by atoms with Crippen molar-refractivity contribution in [2.75, 3.05) is 20.8 Å². The summed E-state index contributed by atoms with van der Waals surface area (Å²) in [7, 11) is 2.85. The van der Waals surface area contributed by atoms with E-state index in [-0.39, 0.29) is 29.5 Å². The standard InChI is InChI=1S/C19H27N3O6/c1-11-13(15(24)26-6)20-16-19(21(5)17(25)28-18(2,3)4)8-7-12(27-10-19)9-22(16)14(11)23/h12H,7-10H2,1-6H3. The molecule has 3 aliphatic rings. The van der Waals surface area contributed by atoms with Crippen molar-refractivity contribution in [3.8, 4) is 0 Å². The Balaban J connectivity index is 2.18. The van der Waals surface area contributed by atoms with Gasteiger partial charge in [0.2, 0.25) is 0 Å². The van der Waals surface area contributed by atoms with Gasteiger partial charge in [0.05, 0.1) is 26.4 Å². The van der Waals surface area contributed by atoms with Gasteiger partial charge in [-0.3, -0.25) is 14.3 Å². The molecular weight excluding hydrogens is 366 g/mol. The van der Waals surface area contributed by atoms with Gasteiger partial charge in [-0.1, -0.05) is 0 Å². The van der Waals surface area contributed by atoms with Gasteiger partial charge in [0.15, 0.2) is 5.69 Å². The van der Waals surface area contributed by atoms with Crippen LogP contribution in [0.1, 0.15) is 55.5 Å². The molecular formula is C19H27N3O6. The summed E-state index contributed by atoms with van der Waals surface area (Å²) >= 11 is 0. The number of rotatable bonds is 2. The second kappa shape index (κ2) is 6.88. The molecule has 0 radical (unpaired) electrons. The zero-order valence-electron chi connectivity index (χ0n) is 17.2. The van der Waals surface area contributed by atoms with Gasteiger partial charge in [0, 0.05) is 12.6 Å². The number of amides is 1. The molecule has 1 aromatic rings. The summed E-state index contributed by atoms with van der Waals surface area (Å²) in [4.78, 5) is 44.0. The molecule has 0 spiro atoms. The van der Waals surface area contributed by atoms with Gasteiger partial charge >= 0.3 is 12.1 Å². The summed E-state index contributed by atoms with van der Waals surface area (Å²) in [6, 6.07) is 0. The van der Waals surface area contributed by atoms with Crippen LogP contribution in [0.3, 0.4) is 0 Å². The summed E-state index contributed by atoms with van der Waals surface area (Å²) in [6.07, 6.45) is 0.508. The molecule has 0 aromatic carbocycles. The van der Waals surface area contributed by atoms with Gasteiger partial charge in [-0.2, -0.15) is 0 Å². The molecule has 2 atom stereocenters. The molecule has 0 N–H and O–H groups in total. The first-order valence-corrected chi connectivity index (χ1v) is 9.29. The highest BCUT2D eigenvalue weighted by atomic mass is 16.6. The minimum absolute atomic E-state index is 0.0407. The topological polar surface area (TPSA) is 100.0 Å². The lowest BCUT2D eigenvalue weighted by Gasteiger charge is -2.43. The lowest BCUT2D eigenvalue weighted by molar-refractivity contribution is -0.0813. The highest BCUT2D eigenvalue weighted by molar-refractivity contribution is 5.88. The van der Waals surface area contributed by atoms with Crippen LogP contribution in [0.5, 0.6) is 0 Å². The number of likely N-dealkylation sites (N-methyl/N-ethyl adjacent to an activating group) is 1. The molecule has 9 heteroatoms. The van der Waals surface area contributed by atoms with E-state index in [1.54, 1.807) is 34.7 Å². The van der Waals surface area contributed by atoms with Crippen molar-refractivity contribution in [1.29, 1.82) is 0 Å². The van der Waals surface area contributed by atoms with Crippen molar-refractivity contribution in [2.24, 2.45) is 0 Å². The minimum Gasteiger partial charge on any atom is -0.464 e. The zero-order chi connectivity index (χ0) is 20.9. The van der Waals surface area contributed by atoms with Crippen molar-refractivity contribution >= 4 is 12.1 Å². The zero-order valence-corrected chi connectivity index (χ0v) is 17.2. The van der Waals surface area contributed by atoms with Crippen LogP contribution in [0.4, 0.5) is 4.79 Å². The van der Waals surface area contributed by atoms with E-state index in [4.69, 9.17) is 14.2 Å². The molecule has 28 heavy (non-hydrogen) atoms. The summed E-state index contributed by atoms with van der Waals surface area (Å²) in [5, 5.41) is 0. The SMILES string of the molecule is COC(=O)c1nc2n(c(=O)c1C)CC1CCC2(N(C)C(=O)OC(C)(C)C)CO1. The summed E-state index contributed by atoms with van der Waals surface area (Å²) in [6.45, 7) is 7.40. The largest absolute Gasteiger partial charge is 0.464 e. The van der Waals surface area contributed by atoms with E-state index >= 15 is 0 Å². The number of nitrogens with zero attached hydrogens (tertiary/aromatic N) is 3. The van der Waals surface area contributed by atoms with Crippen LogP contribution in [-0.2, 0) is 26.3 Å². The molecule has 1 aromatic heterocycles. The first-order valence-electron chi connectivity index (χ1n) is 9.29. The smallest absolute Gasteiger partial charge is 0.410 e. The van der Waals surface area contributed by atoms with Crippen LogP contribution in [0.15, 0.2) is 4.79 Å². The maximum Gasteiger partial charge on any atom is 0.410 e. The molecule has 2 unspecified atom stereocenters. The van der Waals surface area contributed by atoms with Gasteiger partial charge < -0.3 is 14.2 Å². The fraction of sp³-hybridized carbons (Fsp3) is 0.684. The van der Waals surface area contributed by atoms with E-state index in [2.05, 4.69) is 4.98 Å².